The highest BCUT2D eigenvalue weighted by Crippen LogP contribution is 2.17. The molecule has 0 aliphatic rings. The molecule has 1 unspecified atom stereocenters. The van der Waals surface area contributed by atoms with E-state index in [9.17, 15) is 14.4 Å². The van der Waals surface area contributed by atoms with Crippen LogP contribution in [0.15, 0.2) is 48.6 Å². The number of allylic oxidation sites excluding steroid dienone is 8. The zero-order chi connectivity index (χ0) is 47.2. The topological polar surface area (TPSA) is 78.9 Å². The molecule has 0 saturated heterocycles. The molecule has 6 nitrogen and oxygen atoms in total. The summed E-state index contributed by atoms with van der Waals surface area (Å²) in [7, 11) is 0. The van der Waals surface area contributed by atoms with Crippen LogP contribution in [0.3, 0.4) is 0 Å². The van der Waals surface area contributed by atoms with Gasteiger partial charge in [0.15, 0.2) is 6.10 Å². The summed E-state index contributed by atoms with van der Waals surface area (Å²) in [6.07, 6.45) is 65.8. The summed E-state index contributed by atoms with van der Waals surface area (Å²) in [6, 6.07) is 0. The van der Waals surface area contributed by atoms with Crippen molar-refractivity contribution >= 4 is 17.9 Å². The van der Waals surface area contributed by atoms with Gasteiger partial charge in [0, 0.05) is 19.3 Å². The van der Waals surface area contributed by atoms with E-state index in [1.165, 1.54) is 180 Å². The van der Waals surface area contributed by atoms with E-state index in [-0.39, 0.29) is 37.5 Å². The van der Waals surface area contributed by atoms with Crippen LogP contribution in [0.25, 0.3) is 0 Å². The minimum Gasteiger partial charge on any atom is -0.462 e. The van der Waals surface area contributed by atoms with Crippen LogP contribution in [0.2, 0.25) is 0 Å². The predicted octanol–water partition coefficient (Wildman–Crippen LogP) is 18.7. The summed E-state index contributed by atoms with van der Waals surface area (Å²) in [6.45, 7) is 6.46. The van der Waals surface area contributed by atoms with E-state index in [1.54, 1.807) is 0 Å². The molecule has 378 valence electrons. The number of carbonyl (C=O) groups is 3. The van der Waals surface area contributed by atoms with Crippen LogP contribution in [0.5, 0.6) is 0 Å². The third-order valence-corrected chi connectivity index (χ3v) is 12.4. The molecular weight excluding hydrogens is 805 g/mol. The van der Waals surface area contributed by atoms with Crippen molar-refractivity contribution < 1.29 is 28.6 Å². The fourth-order valence-corrected chi connectivity index (χ4v) is 8.16. The summed E-state index contributed by atoms with van der Waals surface area (Å²) in [5.41, 5.74) is 0. The van der Waals surface area contributed by atoms with Gasteiger partial charge in [0.05, 0.1) is 0 Å². The maximum absolute atomic E-state index is 12.7. The second-order valence-electron chi connectivity index (χ2n) is 18.8. The van der Waals surface area contributed by atoms with Crippen molar-refractivity contribution in [3.8, 4) is 0 Å². The minimum absolute atomic E-state index is 0.0982. The SMILES string of the molecule is CC/C=C\C/C=C\C/C=C\C/C=C\CCC(=O)OC(COC(=O)CCCCCCCCCC)COC(=O)CCCCCCCCCCCCCCCCCCCCCCCCCCCC. The van der Waals surface area contributed by atoms with Crippen LogP contribution in [0.1, 0.15) is 290 Å². The first-order valence-electron chi connectivity index (χ1n) is 28.1. The molecule has 0 aromatic rings. The van der Waals surface area contributed by atoms with Gasteiger partial charge < -0.3 is 14.2 Å². The van der Waals surface area contributed by atoms with Crippen LogP contribution in [0, 0.1) is 0 Å². The van der Waals surface area contributed by atoms with Crippen LogP contribution < -0.4 is 0 Å². The monoisotopic (exact) mass is 911 g/mol. The van der Waals surface area contributed by atoms with E-state index in [1.807, 2.05) is 12.2 Å². The molecule has 0 radical (unpaired) electrons. The molecule has 0 saturated carbocycles. The Morgan fingerprint density at radius 3 is 0.908 bits per heavy atom. The average Bonchev–Trinajstić information content (AvgIpc) is 3.30. The molecule has 0 bridgehead atoms. The fourth-order valence-electron chi connectivity index (χ4n) is 8.16. The van der Waals surface area contributed by atoms with Crippen molar-refractivity contribution in [1.29, 1.82) is 0 Å². The molecule has 0 heterocycles. The van der Waals surface area contributed by atoms with Crippen LogP contribution in [-0.2, 0) is 28.6 Å². The van der Waals surface area contributed by atoms with Gasteiger partial charge in [-0.1, -0.05) is 275 Å². The van der Waals surface area contributed by atoms with Crippen molar-refractivity contribution in [2.24, 2.45) is 0 Å². The molecule has 65 heavy (non-hydrogen) atoms. The number of esters is 3. The minimum atomic E-state index is -0.805. The number of hydrogen-bond acceptors (Lipinski definition) is 6. The highest BCUT2D eigenvalue weighted by molar-refractivity contribution is 5.71. The van der Waals surface area contributed by atoms with Crippen LogP contribution in [-0.4, -0.2) is 37.2 Å². The van der Waals surface area contributed by atoms with E-state index in [0.29, 0.717) is 19.3 Å². The fraction of sp³-hybridized carbons (Fsp3) is 0.814. The van der Waals surface area contributed by atoms with Gasteiger partial charge in [-0.25, -0.2) is 0 Å². The quantitative estimate of drug-likeness (QED) is 0.0262. The van der Waals surface area contributed by atoms with Gasteiger partial charge in [-0.2, -0.15) is 0 Å². The van der Waals surface area contributed by atoms with Gasteiger partial charge >= 0.3 is 17.9 Å². The van der Waals surface area contributed by atoms with Crippen molar-refractivity contribution in [2.45, 2.75) is 297 Å². The highest BCUT2D eigenvalue weighted by atomic mass is 16.6. The molecule has 0 aromatic carbocycles. The number of unbranched alkanes of at least 4 members (excludes halogenated alkanes) is 32. The largest absolute Gasteiger partial charge is 0.462 e. The lowest BCUT2D eigenvalue weighted by molar-refractivity contribution is -0.166. The molecule has 0 amide bonds. The van der Waals surface area contributed by atoms with Crippen molar-refractivity contribution in [3.05, 3.63) is 48.6 Å². The van der Waals surface area contributed by atoms with E-state index in [2.05, 4.69) is 57.2 Å². The zero-order valence-electron chi connectivity index (χ0n) is 43.3. The predicted molar refractivity (Wildman–Crippen MR) is 279 cm³/mol. The third-order valence-electron chi connectivity index (χ3n) is 12.4. The second kappa shape index (κ2) is 54.0. The van der Waals surface area contributed by atoms with Gasteiger partial charge in [-0.3, -0.25) is 14.4 Å². The third kappa shape index (κ3) is 52.2. The van der Waals surface area contributed by atoms with E-state index < -0.39 is 6.10 Å². The Morgan fingerprint density at radius 2 is 0.600 bits per heavy atom. The molecular formula is C59H106O6. The van der Waals surface area contributed by atoms with Crippen molar-refractivity contribution in [1.82, 2.24) is 0 Å². The molecule has 6 heteroatoms. The first kappa shape index (κ1) is 62.4. The molecule has 0 spiro atoms. The Bertz CT molecular complexity index is 1140. The standard InChI is InChI=1S/C59H106O6/c1-4-7-10-13-16-19-21-23-24-25-26-27-28-29-30-31-32-33-34-35-37-38-40-43-46-49-52-58(61)64-55-56(54-63-57(60)51-48-45-42-18-15-12-9-6-3)65-59(62)53-50-47-44-41-39-36-22-20-17-14-11-8-5-2/h8,11,17,20,36,39,44,47,56H,4-7,9-10,12-16,18-19,21-35,37-38,40-43,45-46,48-55H2,1-3H3/b11-8-,20-17-,39-36-,47-44-. The number of carbonyl (C=O) groups excluding carboxylic acids is 3. The number of rotatable bonds is 51. The van der Waals surface area contributed by atoms with Gasteiger partial charge in [-0.15, -0.1) is 0 Å². The lowest BCUT2D eigenvalue weighted by Gasteiger charge is -2.18. The molecule has 0 aromatic heterocycles. The van der Waals surface area contributed by atoms with Crippen molar-refractivity contribution in [3.63, 3.8) is 0 Å². The van der Waals surface area contributed by atoms with Gasteiger partial charge in [0.25, 0.3) is 0 Å². The van der Waals surface area contributed by atoms with Crippen molar-refractivity contribution in [2.75, 3.05) is 13.2 Å². The molecule has 1 atom stereocenters. The summed E-state index contributed by atoms with van der Waals surface area (Å²) in [5, 5.41) is 0. The smallest absolute Gasteiger partial charge is 0.306 e. The summed E-state index contributed by atoms with van der Waals surface area (Å²) >= 11 is 0. The Hall–Kier alpha value is -2.63. The zero-order valence-corrected chi connectivity index (χ0v) is 43.3. The summed E-state index contributed by atoms with van der Waals surface area (Å²) in [4.78, 5) is 37.8. The lowest BCUT2D eigenvalue weighted by Crippen LogP contribution is -2.30. The molecule has 0 N–H and O–H groups in total. The second-order valence-corrected chi connectivity index (χ2v) is 18.8. The molecule has 0 aliphatic carbocycles. The van der Waals surface area contributed by atoms with Gasteiger partial charge in [0.1, 0.15) is 13.2 Å². The Morgan fingerprint density at radius 1 is 0.323 bits per heavy atom. The number of hydrogen-bond donors (Lipinski definition) is 0. The summed E-state index contributed by atoms with van der Waals surface area (Å²) in [5.74, 6) is -0.975. The lowest BCUT2D eigenvalue weighted by atomic mass is 10.0. The molecule has 0 aliphatic heterocycles. The van der Waals surface area contributed by atoms with Gasteiger partial charge in [0.2, 0.25) is 0 Å². The normalized spacial score (nSPS) is 12.4. The Labute approximate surface area is 403 Å². The summed E-state index contributed by atoms with van der Waals surface area (Å²) < 4.78 is 16.7. The van der Waals surface area contributed by atoms with Crippen LogP contribution in [0.4, 0.5) is 0 Å². The van der Waals surface area contributed by atoms with Gasteiger partial charge in [-0.05, 0) is 44.9 Å². The Balaban J connectivity index is 4.13. The number of ether oxygens (including phenoxy) is 3. The molecule has 0 rings (SSSR count). The van der Waals surface area contributed by atoms with E-state index in [4.69, 9.17) is 14.2 Å². The maximum Gasteiger partial charge on any atom is 0.306 e. The van der Waals surface area contributed by atoms with E-state index >= 15 is 0 Å². The van der Waals surface area contributed by atoms with Crippen LogP contribution >= 0.6 is 0 Å². The molecule has 0 fully saturated rings. The first-order chi connectivity index (χ1) is 32.0. The average molecular weight is 911 g/mol. The van der Waals surface area contributed by atoms with E-state index in [0.717, 1.165) is 64.2 Å². The highest BCUT2D eigenvalue weighted by Gasteiger charge is 2.19. The maximum atomic E-state index is 12.7. The Kier molecular flexibility index (Phi) is 51.8. The first-order valence-corrected chi connectivity index (χ1v) is 28.1.